The number of nitrogens with one attached hydrogen (secondary N) is 2. The second-order valence-corrected chi connectivity index (χ2v) is 6.33. The monoisotopic (exact) mass is 276 g/mol. The van der Waals surface area contributed by atoms with Crippen LogP contribution in [0.1, 0.15) is 44.1 Å². The third-order valence-corrected chi connectivity index (χ3v) is 4.99. The molecule has 1 aliphatic carbocycles. The molecular weight excluding hydrogens is 251 g/mol. The second-order valence-electron chi connectivity index (χ2n) is 6.33. The fourth-order valence-electron chi connectivity index (χ4n) is 3.90. The summed E-state index contributed by atoms with van der Waals surface area (Å²) in [6, 6.07) is 6.36. The minimum atomic E-state index is -0.117. The lowest BCUT2D eigenvalue weighted by atomic mass is 9.79. The van der Waals surface area contributed by atoms with E-state index in [4.69, 9.17) is 0 Å². The molecule has 2 nitrogen and oxygen atoms in total. The van der Waals surface area contributed by atoms with Gasteiger partial charge in [-0.3, -0.25) is 0 Å². The highest BCUT2D eigenvalue weighted by atomic mass is 19.1. The summed E-state index contributed by atoms with van der Waals surface area (Å²) in [4.78, 5) is 0. The largest absolute Gasteiger partial charge is 0.379 e. The van der Waals surface area contributed by atoms with E-state index in [2.05, 4.69) is 10.6 Å². The first-order valence-electron chi connectivity index (χ1n) is 8.01. The summed E-state index contributed by atoms with van der Waals surface area (Å²) in [5.74, 6) is 0.527. The Morgan fingerprint density at radius 2 is 2.00 bits per heavy atom. The smallest absolute Gasteiger partial charge is 0.146 e. The molecule has 2 aliphatic rings. The Bertz CT molecular complexity index is 434. The van der Waals surface area contributed by atoms with Crippen molar-refractivity contribution < 1.29 is 4.39 Å². The van der Waals surface area contributed by atoms with Crippen molar-refractivity contribution in [2.24, 2.45) is 5.92 Å². The van der Waals surface area contributed by atoms with Crippen LogP contribution in [0, 0.1) is 18.7 Å². The first-order chi connectivity index (χ1) is 9.75. The van der Waals surface area contributed by atoms with Gasteiger partial charge in [0.2, 0.25) is 0 Å². The molecule has 110 valence electrons. The number of rotatable bonds is 3. The molecule has 3 unspecified atom stereocenters. The van der Waals surface area contributed by atoms with Crippen LogP contribution in [-0.2, 0) is 0 Å². The van der Waals surface area contributed by atoms with E-state index in [9.17, 15) is 4.39 Å². The molecule has 1 saturated heterocycles. The van der Waals surface area contributed by atoms with Crippen LogP contribution in [0.5, 0.6) is 0 Å². The molecule has 20 heavy (non-hydrogen) atoms. The molecule has 0 amide bonds. The lowest BCUT2D eigenvalue weighted by Crippen LogP contribution is -2.43. The summed E-state index contributed by atoms with van der Waals surface area (Å²) in [6.45, 7) is 3.13. The van der Waals surface area contributed by atoms with Crippen molar-refractivity contribution >= 4 is 5.69 Å². The van der Waals surface area contributed by atoms with Gasteiger partial charge in [0.15, 0.2) is 0 Å². The van der Waals surface area contributed by atoms with Gasteiger partial charge in [-0.2, -0.15) is 0 Å². The molecule has 1 heterocycles. The van der Waals surface area contributed by atoms with Crippen molar-refractivity contribution in [3.63, 3.8) is 0 Å². The van der Waals surface area contributed by atoms with Crippen molar-refractivity contribution in [2.75, 3.05) is 11.9 Å². The van der Waals surface area contributed by atoms with Gasteiger partial charge in [-0.1, -0.05) is 25.0 Å². The van der Waals surface area contributed by atoms with Crippen LogP contribution in [0.4, 0.5) is 10.1 Å². The first kappa shape index (κ1) is 13.9. The van der Waals surface area contributed by atoms with Crippen molar-refractivity contribution in [3.05, 3.63) is 29.6 Å². The lowest BCUT2D eigenvalue weighted by Gasteiger charge is -2.37. The Morgan fingerprint density at radius 1 is 1.15 bits per heavy atom. The quantitative estimate of drug-likeness (QED) is 0.876. The summed E-state index contributed by atoms with van der Waals surface area (Å²) in [5.41, 5.74) is 1.72. The van der Waals surface area contributed by atoms with Crippen molar-refractivity contribution in [3.8, 4) is 0 Å². The predicted molar refractivity (Wildman–Crippen MR) is 81.5 cm³/mol. The van der Waals surface area contributed by atoms with Gasteiger partial charge in [0.25, 0.3) is 0 Å². The molecule has 1 aromatic rings. The summed E-state index contributed by atoms with van der Waals surface area (Å²) < 4.78 is 14.0. The molecule has 0 spiro atoms. The van der Waals surface area contributed by atoms with E-state index in [1.807, 2.05) is 13.0 Å². The molecule has 3 rings (SSSR count). The summed E-state index contributed by atoms with van der Waals surface area (Å²) >= 11 is 0. The van der Waals surface area contributed by atoms with Crippen LogP contribution in [0.2, 0.25) is 0 Å². The molecule has 2 fully saturated rings. The normalized spacial score (nSPS) is 30.4. The van der Waals surface area contributed by atoms with Crippen LogP contribution in [0.25, 0.3) is 0 Å². The van der Waals surface area contributed by atoms with E-state index >= 15 is 0 Å². The third kappa shape index (κ3) is 2.83. The first-order valence-corrected chi connectivity index (χ1v) is 8.01. The Kier molecular flexibility index (Phi) is 4.25. The zero-order valence-corrected chi connectivity index (χ0v) is 12.3. The third-order valence-electron chi connectivity index (χ3n) is 4.99. The zero-order valence-electron chi connectivity index (χ0n) is 12.3. The van der Waals surface area contributed by atoms with E-state index in [0.29, 0.717) is 23.7 Å². The molecule has 0 radical (unpaired) electrons. The van der Waals surface area contributed by atoms with E-state index in [1.165, 1.54) is 32.1 Å². The summed E-state index contributed by atoms with van der Waals surface area (Å²) in [7, 11) is 0. The average Bonchev–Trinajstić information content (AvgIpc) is 2.97. The van der Waals surface area contributed by atoms with E-state index < -0.39 is 0 Å². The van der Waals surface area contributed by atoms with Crippen molar-refractivity contribution in [1.29, 1.82) is 0 Å². The highest BCUT2D eigenvalue weighted by molar-refractivity contribution is 5.52. The highest BCUT2D eigenvalue weighted by Gasteiger charge is 2.33. The number of aryl methyl sites for hydroxylation is 1. The van der Waals surface area contributed by atoms with Crippen LogP contribution in [-0.4, -0.2) is 18.6 Å². The van der Waals surface area contributed by atoms with Crippen LogP contribution >= 0.6 is 0 Å². The minimum Gasteiger partial charge on any atom is -0.379 e. The van der Waals surface area contributed by atoms with Gasteiger partial charge < -0.3 is 10.6 Å². The zero-order chi connectivity index (χ0) is 13.9. The standard InChI is InChI=1S/C17H25FN2/c1-12-6-4-8-14(18)17(12)20-16-9-3-2-7-13(16)15-10-5-11-19-15/h4,6,8,13,15-16,19-20H,2-3,5,7,9-11H2,1H3. The Morgan fingerprint density at radius 3 is 2.75 bits per heavy atom. The Balaban J connectivity index is 1.76. The summed E-state index contributed by atoms with van der Waals surface area (Å²) in [6.07, 6.45) is 7.57. The molecule has 0 aromatic heterocycles. The van der Waals surface area contributed by atoms with Gasteiger partial charge >= 0.3 is 0 Å². The number of halogens is 1. The highest BCUT2D eigenvalue weighted by Crippen LogP contribution is 2.33. The molecule has 1 aliphatic heterocycles. The maximum atomic E-state index is 14.0. The van der Waals surface area contributed by atoms with Gasteiger partial charge in [0.1, 0.15) is 5.82 Å². The number of benzene rings is 1. The van der Waals surface area contributed by atoms with Crippen LogP contribution in [0.3, 0.4) is 0 Å². The number of para-hydroxylation sites is 1. The fourth-order valence-corrected chi connectivity index (χ4v) is 3.90. The van der Waals surface area contributed by atoms with Crippen LogP contribution in [0.15, 0.2) is 18.2 Å². The molecule has 0 bridgehead atoms. The van der Waals surface area contributed by atoms with Gasteiger partial charge in [-0.05, 0) is 56.7 Å². The topological polar surface area (TPSA) is 24.1 Å². The van der Waals surface area contributed by atoms with Gasteiger partial charge in [0, 0.05) is 12.1 Å². The number of anilines is 1. The predicted octanol–water partition coefficient (Wildman–Crippen LogP) is 3.86. The molecule has 2 N–H and O–H groups in total. The number of hydrogen-bond acceptors (Lipinski definition) is 2. The lowest BCUT2D eigenvalue weighted by molar-refractivity contribution is 0.262. The number of hydrogen-bond donors (Lipinski definition) is 2. The van der Waals surface area contributed by atoms with Crippen molar-refractivity contribution in [2.45, 2.75) is 57.5 Å². The van der Waals surface area contributed by atoms with E-state index in [0.717, 1.165) is 18.5 Å². The Labute approximate surface area is 121 Å². The van der Waals surface area contributed by atoms with Gasteiger partial charge in [0.05, 0.1) is 5.69 Å². The minimum absolute atomic E-state index is 0.117. The molecule has 3 heteroatoms. The van der Waals surface area contributed by atoms with Gasteiger partial charge in [-0.25, -0.2) is 4.39 Å². The second kappa shape index (κ2) is 6.13. The fraction of sp³-hybridized carbons (Fsp3) is 0.647. The SMILES string of the molecule is Cc1cccc(F)c1NC1CCCCC1C1CCCN1. The van der Waals surface area contributed by atoms with Gasteiger partial charge in [-0.15, -0.1) is 0 Å². The maximum Gasteiger partial charge on any atom is 0.146 e. The average molecular weight is 276 g/mol. The van der Waals surface area contributed by atoms with E-state index in [1.54, 1.807) is 12.1 Å². The molecular formula is C17H25FN2. The Hall–Kier alpha value is -1.09. The summed E-state index contributed by atoms with van der Waals surface area (Å²) in [5, 5.41) is 7.17. The molecule has 1 aromatic carbocycles. The molecule has 3 atom stereocenters. The van der Waals surface area contributed by atoms with E-state index in [-0.39, 0.29) is 5.82 Å². The van der Waals surface area contributed by atoms with Crippen molar-refractivity contribution in [1.82, 2.24) is 5.32 Å². The van der Waals surface area contributed by atoms with Crippen LogP contribution < -0.4 is 10.6 Å². The molecule has 1 saturated carbocycles. The maximum absolute atomic E-state index is 14.0.